The number of carbonyl (C=O) groups is 2. The number of ether oxygens (including phenoxy) is 1. The number of esters is 1. The summed E-state index contributed by atoms with van der Waals surface area (Å²) in [4.78, 5) is 26.5. The highest BCUT2D eigenvalue weighted by Gasteiger charge is 2.40. The number of hydrogen-bond acceptors (Lipinski definition) is 3. The van der Waals surface area contributed by atoms with Crippen LogP contribution in [0.1, 0.15) is 39.3 Å². The molecule has 0 saturated heterocycles. The van der Waals surface area contributed by atoms with Crippen molar-refractivity contribution in [2.75, 3.05) is 7.11 Å². The van der Waals surface area contributed by atoms with Crippen LogP contribution in [0, 0.1) is 0 Å². The van der Waals surface area contributed by atoms with E-state index >= 15 is 0 Å². The molecule has 0 radical (unpaired) electrons. The van der Waals surface area contributed by atoms with Gasteiger partial charge in [0, 0.05) is 16.3 Å². The number of nitrogens with zero attached hydrogens (tertiary/aromatic N) is 1. The number of carbonyl (C=O) groups excluding carboxylic acids is 2. The van der Waals surface area contributed by atoms with E-state index < -0.39 is 17.6 Å². The average molecular weight is 337 g/mol. The number of rotatable bonds is 2. The number of halogens is 1. The van der Waals surface area contributed by atoms with Crippen molar-refractivity contribution in [1.29, 1.82) is 0 Å². The summed E-state index contributed by atoms with van der Waals surface area (Å²) < 4.78 is 4.93. The Hall–Kier alpha value is -2.01. The van der Waals surface area contributed by atoms with Gasteiger partial charge in [0.25, 0.3) is 0 Å². The third kappa shape index (κ3) is 3.34. The number of amides is 2. The van der Waals surface area contributed by atoms with Crippen LogP contribution < -0.4 is 5.32 Å². The second-order valence-electron chi connectivity index (χ2n) is 6.43. The first-order chi connectivity index (χ1) is 10.7. The van der Waals surface area contributed by atoms with Gasteiger partial charge in [-0.3, -0.25) is 4.90 Å². The Bertz CT molecular complexity index is 659. The largest absolute Gasteiger partial charge is 0.466 e. The molecular formula is C17H21ClN2O3. The monoisotopic (exact) mass is 336 g/mol. The Morgan fingerprint density at radius 3 is 2.30 bits per heavy atom. The molecule has 2 rings (SSSR count). The second kappa shape index (κ2) is 6.24. The van der Waals surface area contributed by atoms with Crippen molar-refractivity contribution in [1.82, 2.24) is 10.2 Å². The number of nitrogens with one attached hydrogen (secondary N) is 1. The summed E-state index contributed by atoms with van der Waals surface area (Å²) >= 11 is 5.92. The first-order valence-electron chi connectivity index (χ1n) is 7.32. The number of benzene rings is 1. The molecule has 0 bridgehead atoms. The van der Waals surface area contributed by atoms with Crippen LogP contribution in [-0.4, -0.2) is 29.5 Å². The summed E-state index contributed by atoms with van der Waals surface area (Å²) in [6.45, 7) is 7.49. The third-order valence-electron chi connectivity index (χ3n) is 3.76. The van der Waals surface area contributed by atoms with Gasteiger partial charge in [0.2, 0.25) is 0 Å². The van der Waals surface area contributed by atoms with E-state index in [4.69, 9.17) is 16.3 Å². The van der Waals surface area contributed by atoms with Gasteiger partial charge in [0.15, 0.2) is 0 Å². The lowest BCUT2D eigenvalue weighted by molar-refractivity contribution is -0.136. The molecule has 1 unspecified atom stereocenters. The van der Waals surface area contributed by atoms with Gasteiger partial charge in [-0.05, 0) is 45.4 Å². The molecule has 1 aromatic carbocycles. The number of urea groups is 1. The van der Waals surface area contributed by atoms with Crippen LogP contribution in [0.2, 0.25) is 5.02 Å². The van der Waals surface area contributed by atoms with E-state index in [1.54, 1.807) is 36.1 Å². The van der Waals surface area contributed by atoms with Gasteiger partial charge in [-0.1, -0.05) is 23.7 Å². The van der Waals surface area contributed by atoms with E-state index in [0.29, 0.717) is 16.3 Å². The normalized spacial score (nSPS) is 18.8. The molecule has 124 valence electrons. The molecule has 6 heteroatoms. The molecule has 1 aliphatic rings. The zero-order valence-corrected chi connectivity index (χ0v) is 14.7. The molecule has 0 aromatic heterocycles. The molecule has 1 aromatic rings. The summed E-state index contributed by atoms with van der Waals surface area (Å²) in [6, 6.07) is 6.22. The predicted octanol–water partition coefficient (Wildman–Crippen LogP) is 3.65. The van der Waals surface area contributed by atoms with Crippen molar-refractivity contribution in [3.8, 4) is 0 Å². The van der Waals surface area contributed by atoms with Crippen LogP contribution in [0.4, 0.5) is 4.79 Å². The quantitative estimate of drug-likeness (QED) is 0.839. The van der Waals surface area contributed by atoms with Gasteiger partial charge < -0.3 is 10.1 Å². The minimum atomic E-state index is -0.564. The zero-order chi connectivity index (χ0) is 17.4. The molecule has 1 aliphatic heterocycles. The fourth-order valence-electron chi connectivity index (χ4n) is 2.83. The molecular weight excluding hydrogens is 316 g/mol. The number of methoxy groups -OCH3 is 1. The fraction of sp³-hybridized carbons (Fsp3) is 0.412. The van der Waals surface area contributed by atoms with Crippen molar-refractivity contribution >= 4 is 23.6 Å². The van der Waals surface area contributed by atoms with E-state index in [9.17, 15) is 9.59 Å². The van der Waals surface area contributed by atoms with Crippen molar-refractivity contribution in [3.63, 3.8) is 0 Å². The molecule has 5 nitrogen and oxygen atoms in total. The van der Waals surface area contributed by atoms with Crippen LogP contribution in [0.15, 0.2) is 35.5 Å². The Morgan fingerprint density at radius 1 is 1.26 bits per heavy atom. The van der Waals surface area contributed by atoms with Crippen LogP contribution in [-0.2, 0) is 9.53 Å². The van der Waals surface area contributed by atoms with Crippen molar-refractivity contribution in [3.05, 3.63) is 46.1 Å². The van der Waals surface area contributed by atoms with Crippen molar-refractivity contribution in [2.24, 2.45) is 0 Å². The minimum Gasteiger partial charge on any atom is -0.466 e. The molecule has 0 spiro atoms. The maximum Gasteiger partial charge on any atom is 0.337 e. The molecule has 1 atom stereocenters. The molecule has 0 aliphatic carbocycles. The van der Waals surface area contributed by atoms with Crippen LogP contribution in [0.25, 0.3) is 0 Å². The highest BCUT2D eigenvalue weighted by molar-refractivity contribution is 6.30. The van der Waals surface area contributed by atoms with E-state index in [1.165, 1.54) is 7.11 Å². The smallest absolute Gasteiger partial charge is 0.337 e. The molecule has 0 fully saturated rings. The highest BCUT2D eigenvalue weighted by atomic mass is 35.5. The highest BCUT2D eigenvalue weighted by Crippen LogP contribution is 2.34. The maximum absolute atomic E-state index is 12.6. The Morgan fingerprint density at radius 2 is 1.83 bits per heavy atom. The lowest BCUT2D eigenvalue weighted by atomic mass is 9.92. The SMILES string of the molecule is COC(=O)C1=C(C)N(C(C)(C)C)C(=O)NC1c1ccc(Cl)cc1. The second-order valence-corrected chi connectivity index (χ2v) is 6.87. The molecule has 0 saturated carbocycles. The van der Waals surface area contributed by atoms with Gasteiger partial charge in [-0.25, -0.2) is 9.59 Å². The fourth-order valence-corrected chi connectivity index (χ4v) is 2.96. The minimum absolute atomic E-state index is 0.248. The first-order valence-corrected chi connectivity index (χ1v) is 7.70. The first kappa shape index (κ1) is 17.3. The summed E-state index contributed by atoms with van der Waals surface area (Å²) in [5, 5.41) is 3.48. The summed E-state index contributed by atoms with van der Waals surface area (Å²) in [6.07, 6.45) is 0. The van der Waals surface area contributed by atoms with E-state index in [-0.39, 0.29) is 6.03 Å². The Kier molecular flexibility index (Phi) is 4.71. The van der Waals surface area contributed by atoms with Gasteiger partial charge in [-0.2, -0.15) is 0 Å². The van der Waals surface area contributed by atoms with Gasteiger partial charge in [0.05, 0.1) is 18.7 Å². The van der Waals surface area contributed by atoms with Gasteiger partial charge in [-0.15, -0.1) is 0 Å². The Labute approximate surface area is 141 Å². The summed E-state index contributed by atoms with van der Waals surface area (Å²) in [5.74, 6) is -0.461. The van der Waals surface area contributed by atoms with Gasteiger partial charge >= 0.3 is 12.0 Å². The lowest BCUT2D eigenvalue weighted by Gasteiger charge is -2.42. The number of hydrogen-bond donors (Lipinski definition) is 1. The topological polar surface area (TPSA) is 58.6 Å². The standard InChI is InChI=1S/C17H21ClN2O3/c1-10-13(15(21)23-5)14(11-6-8-12(18)9-7-11)19-16(22)20(10)17(2,3)4/h6-9,14H,1-5H3,(H,19,22). The van der Waals surface area contributed by atoms with Crippen molar-refractivity contribution in [2.45, 2.75) is 39.3 Å². The van der Waals surface area contributed by atoms with Crippen LogP contribution in [0.3, 0.4) is 0 Å². The zero-order valence-electron chi connectivity index (χ0n) is 13.9. The number of allylic oxidation sites excluding steroid dienone is 1. The summed E-state index contributed by atoms with van der Waals surface area (Å²) in [5.41, 5.74) is 1.33. The van der Waals surface area contributed by atoms with E-state index in [1.807, 2.05) is 20.8 Å². The third-order valence-corrected chi connectivity index (χ3v) is 4.02. The lowest BCUT2D eigenvalue weighted by Crippen LogP contribution is -2.54. The average Bonchev–Trinajstić information content (AvgIpc) is 2.45. The van der Waals surface area contributed by atoms with E-state index in [2.05, 4.69) is 5.32 Å². The van der Waals surface area contributed by atoms with Gasteiger partial charge in [0.1, 0.15) is 0 Å². The summed E-state index contributed by atoms with van der Waals surface area (Å²) in [7, 11) is 1.33. The Balaban J connectivity index is 2.59. The molecule has 1 N–H and O–H groups in total. The maximum atomic E-state index is 12.6. The molecule has 1 heterocycles. The molecule has 2 amide bonds. The van der Waals surface area contributed by atoms with E-state index in [0.717, 1.165) is 5.56 Å². The van der Waals surface area contributed by atoms with Crippen LogP contribution in [0.5, 0.6) is 0 Å². The predicted molar refractivity (Wildman–Crippen MR) is 89.0 cm³/mol. The van der Waals surface area contributed by atoms with Crippen LogP contribution >= 0.6 is 11.6 Å². The van der Waals surface area contributed by atoms with Crippen molar-refractivity contribution < 1.29 is 14.3 Å². The molecule has 23 heavy (non-hydrogen) atoms.